The van der Waals surface area contributed by atoms with Crippen molar-refractivity contribution in [3.05, 3.63) is 12.1 Å². The molecule has 14 heavy (non-hydrogen) atoms. The van der Waals surface area contributed by atoms with Crippen molar-refractivity contribution in [1.29, 1.82) is 0 Å². The summed E-state index contributed by atoms with van der Waals surface area (Å²) in [6.07, 6.45) is 0.366. The number of carbonyl (C=O) groups is 1. The predicted octanol–water partition coefficient (Wildman–Crippen LogP) is 1.01. The number of aromatic nitrogens is 1. The van der Waals surface area contributed by atoms with E-state index in [2.05, 4.69) is 0 Å². The maximum absolute atomic E-state index is 10.5. The van der Waals surface area contributed by atoms with E-state index < -0.39 is 11.9 Å². The highest BCUT2D eigenvalue weighted by molar-refractivity contribution is 5.69. The lowest BCUT2D eigenvalue weighted by atomic mass is 10.1. The minimum Gasteiger partial charge on any atom is -0.494 e. The van der Waals surface area contributed by atoms with Crippen LogP contribution >= 0.6 is 0 Å². The van der Waals surface area contributed by atoms with E-state index in [4.69, 9.17) is 5.11 Å². The number of carboxylic acids is 1. The van der Waals surface area contributed by atoms with Gasteiger partial charge in [0, 0.05) is 18.7 Å². The molecule has 1 heterocycles. The second-order valence-electron chi connectivity index (χ2n) is 3.23. The van der Waals surface area contributed by atoms with Crippen molar-refractivity contribution in [2.45, 2.75) is 19.9 Å². The Morgan fingerprint density at radius 2 is 1.93 bits per heavy atom. The molecule has 0 spiro atoms. The summed E-state index contributed by atoms with van der Waals surface area (Å²) in [4.78, 5) is 10.5. The molecule has 5 heteroatoms. The van der Waals surface area contributed by atoms with Gasteiger partial charge in [0.15, 0.2) is 11.8 Å². The maximum Gasteiger partial charge on any atom is 0.306 e. The minimum absolute atomic E-state index is 0.0555. The normalized spacial score (nSPS) is 12.6. The zero-order valence-corrected chi connectivity index (χ0v) is 7.84. The van der Waals surface area contributed by atoms with Crippen LogP contribution < -0.4 is 0 Å². The molecule has 1 unspecified atom stereocenters. The summed E-state index contributed by atoms with van der Waals surface area (Å²) in [5, 5.41) is 27.1. The number of hydrogen-bond donors (Lipinski definition) is 3. The molecule has 78 valence electrons. The monoisotopic (exact) mass is 199 g/mol. The summed E-state index contributed by atoms with van der Waals surface area (Å²) >= 11 is 0. The Labute approximate surface area is 81.2 Å². The van der Waals surface area contributed by atoms with Crippen molar-refractivity contribution in [2.24, 2.45) is 5.92 Å². The zero-order chi connectivity index (χ0) is 10.7. The molecule has 5 nitrogen and oxygen atoms in total. The van der Waals surface area contributed by atoms with Crippen molar-refractivity contribution < 1.29 is 20.1 Å². The summed E-state index contributed by atoms with van der Waals surface area (Å²) in [5.74, 6) is -1.48. The third-order valence-corrected chi connectivity index (χ3v) is 2.14. The lowest BCUT2D eigenvalue weighted by molar-refractivity contribution is -0.141. The van der Waals surface area contributed by atoms with Gasteiger partial charge < -0.3 is 15.3 Å². The van der Waals surface area contributed by atoms with Crippen molar-refractivity contribution in [1.82, 2.24) is 4.57 Å². The molecule has 0 saturated carbocycles. The lowest BCUT2D eigenvalue weighted by Gasteiger charge is -2.08. The Balaban J connectivity index is 2.57. The van der Waals surface area contributed by atoms with Gasteiger partial charge in [0.05, 0.1) is 5.92 Å². The van der Waals surface area contributed by atoms with Gasteiger partial charge in [0.2, 0.25) is 0 Å². The van der Waals surface area contributed by atoms with E-state index >= 15 is 0 Å². The van der Waals surface area contributed by atoms with Crippen LogP contribution in [0.2, 0.25) is 0 Å². The molecule has 0 amide bonds. The Hall–Kier alpha value is -1.65. The Kier molecular flexibility index (Phi) is 3.01. The van der Waals surface area contributed by atoms with E-state index in [0.717, 1.165) is 0 Å². The average molecular weight is 199 g/mol. The van der Waals surface area contributed by atoms with E-state index in [1.54, 1.807) is 6.92 Å². The summed E-state index contributed by atoms with van der Waals surface area (Å²) in [6, 6.07) is 2.72. The standard InChI is InChI=1S/C9H13NO4/c1-6(9(13)14)4-5-10-7(11)2-3-8(10)12/h2-3,6,11-12H,4-5H2,1H3,(H,13,14). The van der Waals surface area contributed by atoms with Crippen LogP contribution in [0, 0.1) is 5.92 Å². The van der Waals surface area contributed by atoms with Gasteiger partial charge in [-0.3, -0.25) is 9.36 Å². The van der Waals surface area contributed by atoms with Crippen molar-refractivity contribution in [3.63, 3.8) is 0 Å². The number of aromatic hydroxyl groups is 2. The van der Waals surface area contributed by atoms with E-state index in [1.165, 1.54) is 16.7 Å². The Bertz CT molecular complexity index is 312. The van der Waals surface area contributed by atoms with E-state index in [0.29, 0.717) is 6.42 Å². The number of aliphatic carboxylic acids is 1. The first-order chi connectivity index (χ1) is 6.52. The summed E-state index contributed by atoms with van der Waals surface area (Å²) in [5.41, 5.74) is 0. The lowest BCUT2D eigenvalue weighted by Crippen LogP contribution is -2.12. The highest BCUT2D eigenvalue weighted by Crippen LogP contribution is 2.22. The van der Waals surface area contributed by atoms with Gasteiger partial charge in [0.25, 0.3) is 0 Å². The van der Waals surface area contributed by atoms with Crippen LogP contribution in [0.25, 0.3) is 0 Å². The molecule has 0 bridgehead atoms. The Morgan fingerprint density at radius 3 is 2.36 bits per heavy atom. The topological polar surface area (TPSA) is 82.7 Å². The number of nitrogens with zero attached hydrogens (tertiary/aromatic N) is 1. The predicted molar refractivity (Wildman–Crippen MR) is 49.2 cm³/mol. The maximum atomic E-state index is 10.5. The smallest absolute Gasteiger partial charge is 0.306 e. The fraction of sp³-hybridized carbons (Fsp3) is 0.444. The highest BCUT2D eigenvalue weighted by atomic mass is 16.4. The van der Waals surface area contributed by atoms with Crippen LogP contribution in [-0.2, 0) is 11.3 Å². The van der Waals surface area contributed by atoms with Gasteiger partial charge >= 0.3 is 5.97 Å². The van der Waals surface area contributed by atoms with Crippen LogP contribution in [0.15, 0.2) is 12.1 Å². The first-order valence-corrected chi connectivity index (χ1v) is 4.32. The molecule has 1 rings (SSSR count). The second kappa shape index (κ2) is 4.04. The molecular weight excluding hydrogens is 186 g/mol. The molecule has 1 aromatic rings. The van der Waals surface area contributed by atoms with Gasteiger partial charge in [-0.1, -0.05) is 6.92 Å². The average Bonchev–Trinajstić information content (AvgIpc) is 2.43. The van der Waals surface area contributed by atoms with Crippen LogP contribution in [0.1, 0.15) is 13.3 Å². The molecule has 0 radical (unpaired) electrons. The molecule has 0 fully saturated rings. The molecule has 1 aromatic heterocycles. The van der Waals surface area contributed by atoms with Gasteiger partial charge in [-0.15, -0.1) is 0 Å². The van der Waals surface area contributed by atoms with Crippen molar-refractivity contribution in [3.8, 4) is 11.8 Å². The van der Waals surface area contributed by atoms with E-state index in [-0.39, 0.29) is 18.3 Å². The number of carboxylic acid groups (broad SMARTS) is 1. The highest BCUT2D eigenvalue weighted by Gasteiger charge is 2.12. The van der Waals surface area contributed by atoms with Crippen LogP contribution in [0.5, 0.6) is 11.8 Å². The summed E-state index contributed by atoms with van der Waals surface area (Å²) < 4.78 is 1.26. The van der Waals surface area contributed by atoms with Gasteiger partial charge in [-0.25, -0.2) is 0 Å². The third kappa shape index (κ3) is 2.18. The quantitative estimate of drug-likeness (QED) is 0.675. The van der Waals surface area contributed by atoms with E-state index in [1.807, 2.05) is 0 Å². The number of rotatable bonds is 4. The van der Waals surface area contributed by atoms with Crippen LogP contribution in [-0.4, -0.2) is 25.9 Å². The van der Waals surface area contributed by atoms with Gasteiger partial charge in [-0.2, -0.15) is 0 Å². The SMILES string of the molecule is CC(CCn1c(O)ccc1O)C(=O)O. The molecule has 1 atom stereocenters. The third-order valence-electron chi connectivity index (χ3n) is 2.14. The molecule has 0 aromatic carbocycles. The van der Waals surface area contributed by atoms with Crippen LogP contribution in [0.4, 0.5) is 0 Å². The fourth-order valence-electron chi connectivity index (χ4n) is 1.12. The molecule has 0 aliphatic heterocycles. The van der Waals surface area contributed by atoms with Crippen LogP contribution in [0.3, 0.4) is 0 Å². The van der Waals surface area contributed by atoms with Crippen molar-refractivity contribution in [2.75, 3.05) is 0 Å². The van der Waals surface area contributed by atoms with Gasteiger partial charge in [-0.05, 0) is 6.42 Å². The largest absolute Gasteiger partial charge is 0.494 e. The first kappa shape index (κ1) is 10.4. The zero-order valence-electron chi connectivity index (χ0n) is 7.84. The summed E-state index contributed by atoms with van der Waals surface area (Å²) in [7, 11) is 0. The first-order valence-electron chi connectivity index (χ1n) is 4.32. The molecule has 3 N–H and O–H groups in total. The summed E-state index contributed by atoms with van der Waals surface area (Å²) in [6.45, 7) is 1.87. The molecule has 0 aliphatic carbocycles. The van der Waals surface area contributed by atoms with E-state index in [9.17, 15) is 15.0 Å². The second-order valence-corrected chi connectivity index (χ2v) is 3.23. The molecule has 0 aliphatic rings. The van der Waals surface area contributed by atoms with Crippen molar-refractivity contribution >= 4 is 5.97 Å². The number of hydrogen-bond acceptors (Lipinski definition) is 3. The Morgan fingerprint density at radius 1 is 1.43 bits per heavy atom. The minimum atomic E-state index is -0.879. The fourth-order valence-corrected chi connectivity index (χ4v) is 1.12. The molecular formula is C9H13NO4. The van der Waals surface area contributed by atoms with Gasteiger partial charge in [0.1, 0.15) is 0 Å². The molecule has 0 saturated heterocycles.